The lowest BCUT2D eigenvalue weighted by atomic mass is 10.1. The van der Waals surface area contributed by atoms with Gasteiger partial charge < -0.3 is 9.72 Å². The van der Waals surface area contributed by atoms with Gasteiger partial charge in [-0.1, -0.05) is 23.7 Å². The van der Waals surface area contributed by atoms with Crippen molar-refractivity contribution in [1.29, 1.82) is 0 Å². The molecule has 0 saturated heterocycles. The van der Waals surface area contributed by atoms with Crippen LogP contribution < -0.4 is 10.2 Å². The molecule has 0 fully saturated rings. The first-order valence-corrected chi connectivity index (χ1v) is 8.06. The highest BCUT2D eigenvalue weighted by Crippen LogP contribution is 2.16. The number of aromatic nitrogens is 1. The summed E-state index contributed by atoms with van der Waals surface area (Å²) in [6.07, 6.45) is 0. The Bertz CT molecular complexity index is 903. The van der Waals surface area contributed by atoms with E-state index < -0.39 is 0 Å². The summed E-state index contributed by atoms with van der Waals surface area (Å²) >= 11 is 5.96. The number of benzene rings is 2. The second-order valence-corrected chi connectivity index (χ2v) is 6.31. The van der Waals surface area contributed by atoms with Gasteiger partial charge in [-0.3, -0.25) is 9.69 Å². The van der Waals surface area contributed by atoms with Crippen LogP contribution in [0.15, 0.2) is 53.3 Å². The van der Waals surface area contributed by atoms with E-state index in [1.165, 1.54) is 5.56 Å². The van der Waals surface area contributed by atoms with Crippen molar-refractivity contribution in [2.75, 3.05) is 14.2 Å². The van der Waals surface area contributed by atoms with E-state index in [0.29, 0.717) is 17.0 Å². The first kappa shape index (κ1) is 16.6. The normalized spacial score (nSPS) is 11.2. The van der Waals surface area contributed by atoms with Crippen molar-refractivity contribution in [2.45, 2.75) is 13.1 Å². The molecule has 0 unspecified atom stereocenters. The molecule has 24 heavy (non-hydrogen) atoms. The van der Waals surface area contributed by atoms with E-state index in [-0.39, 0.29) is 5.43 Å². The van der Waals surface area contributed by atoms with Gasteiger partial charge in [0.2, 0.25) is 0 Å². The molecule has 0 aliphatic heterocycles. The fraction of sp³-hybridized carbons (Fsp3) is 0.211. The standard InChI is InChI=1S/C19H19ClN2O2/c1-22(11-13-3-6-16(24-2)7-4-13)12-15-10-19(23)17-9-14(20)5-8-18(17)21-15/h3-10H,11-12H2,1-2H3,(H,21,23). The van der Waals surface area contributed by atoms with E-state index in [9.17, 15) is 4.79 Å². The molecule has 0 radical (unpaired) electrons. The number of fused-ring (bicyclic) bond motifs is 1. The summed E-state index contributed by atoms with van der Waals surface area (Å²) in [7, 11) is 3.68. The Morgan fingerprint density at radius 3 is 2.54 bits per heavy atom. The Balaban J connectivity index is 1.76. The van der Waals surface area contributed by atoms with Crippen molar-refractivity contribution >= 4 is 22.5 Å². The Morgan fingerprint density at radius 1 is 1.08 bits per heavy atom. The molecule has 3 aromatic rings. The van der Waals surface area contributed by atoms with E-state index in [1.54, 1.807) is 25.3 Å². The lowest BCUT2D eigenvalue weighted by Gasteiger charge is -2.17. The lowest BCUT2D eigenvalue weighted by molar-refractivity contribution is 0.315. The van der Waals surface area contributed by atoms with Crippen molar-refractivity contribution in [3.8, 4) is 5.75 Å². The largest absolute Gasteiger partial charge is 0.497 e. The third-order valence-electron chi connectivity index (χ3n) is 3.90. The first-order valence-electron chi connectivity index (χ1n) is 7.68. The summed E-state index contributed by atoms with van der Waals surface area (Å²) in [5, 5.41) is 1.18. The minimum atomic E-state index is -0.0147. The quantitative estimate of drug-likeness (QED) is 0.766. The van der Waals surface area contributed by atoms with Gasteiger partial charge in [-0.25, -0.2) is 0 Å². The zero-order valence-corrected chi connectivity index (χ0v) is 14.4. The van der Waals surface area contributed by atoms with Crippen molar-refractivity contribution in [3.05, 3.63) is 75.0 Å². The zero-order chi connectivity index (χ0) is 17.1. The summed E-state index contributed by atoms with van der Waals surface area (Å²) in [4.78, 5) is 17.7. The van der Waals surface area contributed by atoms with E-state index in [0.717, 1.165) is 23.5 Å². The van der Waals surface area contributed by atoms with Gasteiger partial charge in [0.25, 0.3) is 0 Å². The van der Waals surface area contributed by atoms with Gasteiger partial charge in [0.05, 0.1) is 7.11 Å². The van der Waals surface area contributed by atoms with Crippen LogP contribution in [0.3, 0.4) is 0 Å². The van der Waals surface area contributed by atoms with Gasteiger partial charge in [0.15, 0.2) is 5.43 Å². The molecule has 1 heterocycles. The number of H-pyrrole nitrogens is 1. The molecular formula is C19H19ClN2O2. The smallest absolute Gasteiger partial charge is 0.189 e. The Morgan fingerprint density at radius 2 is 1.83 bits per heavy atom. The molecule has 1 N–H and O–H groups in total. The van der Waals surface area contributed by atoms with Gasteiger partial charge in [-0.05, 0) is 42.9 Å². The van der Waals surface area contributed by atoms with Crippen LogP contribution in [0.4, 0.5) is 0 Å². The van der Waals surface area contributed by atoms with Gasteiger partial charge in [0, 0.05) is 40.8 Å². The van der Waals surface area contributed by atoms with Crippen molar-refractivity contribution < 1.29 is 4.74 Å². The summed E-state index contributed by atoms with van der Waals surface area (Å²) < 4.78 is 5.17. The Hall–Kier alpha value is -2.30. The monoisotopic (exact) mass is 342 g/mol. The highest BCUT2D eigenvalue weighted by molar-refractivity contribution is 6.31. The van der Waals surface area contributed by atoms with Crippen LogP contribution >= 0.6 is 11.6 Å². The maximum Gasteiger partial charge on any atom is 0.189 e. The molecule has 0 aliphatic rings. The topological polar surface area (TPSA) is 45.3 Å². The number of hydrogen-bond acceptors (Lipinski definition) is 3. The number of pyridine rings is 1. The van der Waals surface area contributed by atoms with Crippen molar-refractivity contribution in [1.82, 2.24) is 9.88 Å². The van der Waals surface area contributed by atoms with Crippen LogP contribution in [0.5, 0.6) is 5.75 Å². The highest BCUT2D eigenvalue weighted by Gasteiger charge is 2.07. The van der Waals surface area contributed by atoms with Crippen molar-refractivity contribution in [3.63, 3.8) is 0 Å². The second kappa shape index (κ2) is 7.07. The van der Waals surface area contributed by atoms with Gasteiger partial charge in [-0.15, -0.1) is 0 Å². The third-order valence-corrected chi connectivity index (χ3v) is 4.13. The first-order chi connectivity index (χ1) is 11.5. The number of nitrogens with zero attached hydrogens (tertiary/aromatic N) is 1. The van der Waals surface area contributed by atoms with E-state index in [1.807, 2.05) is 37.4 Å². The maximum absolute atomic E-state index is 12.3. The number of halogens is 1. The molecule has 0 amide bonds. The maximum atomic E-state index is 12.3. The minimum Gasteiger partial charge on any atom is -0.497 e. The van der Waals surface area contributed by atoms with Gasteiger partial charge in [-0.2, -0.15) is 0 Å². The van der Waals surface area contributed by atoms with E-state index >= 15 is 0 Å². The molecule has 0 aliphatic carbocycles. The fourth-order valence-electron chi connectivity index (χ4n) is 2.75. The van der Waals surface area contributed by atoms with E-state index in [2.05, 4.69) is 9.88 Å². The van der Waals surface area contributed by atoms with Crippen LogP contribution in [0, 0.1) is 0 Å². The molecule has 124 valence electrons. The predicted octanol–water partition coefficient (Wildman–Crippen LogP) is 3.82. The zero-order valence-electron chi connectivity index (χ0n) is 13.7. The number of hydrogen-bond donors (Lipinski definition) is 1. The molecule has 5 heteroatoms. The fourth-order valence-corrected chi connectivity index (χ4v) is 2.92. The Labute approximate surface area is 145 Å². The molecule has 3 rings (SSSR count). The molecule has 0 bridgehead atoms. The number of ether oxygens (including phenoxy) is 1. The number of nitrogens with one attached hydrogen (secondary N) is 1. The van der Waals surface area contributed by atoms with E-state index in [4.69, 9.17) is 16.3 Å². The summed E-state index contributed by atoms with van der Waals surface area (Å²) in [5.41, 5.74) is 2.86. The summed E-state index contributed by atoms with van der Waals surface area (Å²) in [6, 6.07) is 14.9. The van der Waals surface area contributed by atoms with Crippen molar-refractivity contribution in [2.24, 2.45) is 0 Å². The highest BCUT2D eigenvalue weighted by atomic mass is 35.5. The second-order valence-electron chi connectivity index (χ2n) is 5.87. The molecule has 0 saturated carbocycles. The van der Waals surface area contributed by atoms with Gasteiger partial charge >= 0.3 is 0 Å². The van der Waals surface area contributed by atoms with Crippen LogP contribution in [0.2, 0.25) is 5.02 Å². The minimum absolute atomic E-state index is 0.0147. The van der Waals surface area contributed by atoms with Crippen LogP contribution in [0.25, 0.3) is 10.9 Å². The lowest BCUT2D eigenvalue weighted by Crippen LogP contribution is -2.19. The van der Waals surface area contributed by atoms with Crippen LogP contribution in [0.1, 0.15) is 11.3 Å². The Kier molecular flexibility index (Phi) is 4.88. The molecule has 0 atom stereocenters. The molecule has 2 aromatic carbocycles. The number of methoxy groups -OCH3 is 1. The van der Waals surface area contributed by atoms with Crippen LogP contribution in [-0.2, 0) is 13.1 Å². The third kappa shape index (κ3) is 3.78. The summed E-state index contributed by atoms with van der Waals surface area (Å²) in [6.45, 7) is 1.44. The SMILES string of the molecule is COc1ccc(CN(C)Cc2cc(=O)c3cc(Cl)ccc3[nH]2)cc1. The predicted molar refractivity (Wildman–Crippen MR) is 97.7 cm³/mol. The summed E-state index contributed by atoms with van der Waals surface area (Å²) in [5.74, 6) is 0.846. The number of rotatable bonds is 5. The number of aromatic amines is 1. The molecule has 1 aromatic heterocycles. The molecular weight excluding hydrogens is 324 g/mol. The molecule has 4 nitrogen and oxygen atoms in total. The average molecular weight is 343 g/mol. The molecule has 0 spiro atoms. The van der Waals surface area contributed by atoms with Gasteiger partial charge in [0.1, 0.15) is 5.75 Å². The van der Waals surface area contributed by atoms with Crippen LogP contribution in [-0.4, -0.2) is 24.0 Å². The average Bonchev–Trinajstić information content (AvgIpc) is 2.56.